The summed E-state index contributed by atoms with van der Waals surface area (Å²) in [5.74, 6) is -0.149. The van der Waals surface area contributed by atoms with E-state index in [0.717, 1.165) is 52.0 Å². The molecule has 2 amide bonds. The number of sulfonamides is 1. The number of hydrogen-bond donors (Lipinski definition) is 1. The fourth-order valence-electron chi connectivity index (χ4n) is 6.01. The Balaban J connectivity index is 1.55. The molecule has 0 bridgehead atoms. The van der Waals surface area contributed by atoms with Gasteiger partial charge in [-0.3, -0.25) is 13.9 Å². The van der Waals surface area contributed by atoms with Gasteiger partial charge in [-0.05, 0) is 79.4 Å². The maximum absolute atomic E-state index is 14.7. The molecule has 5 rings (SSSR count). The summed E-state index contributed by atoms with van der Waals surface area (Å²) >= 11 is 3.48. The lowest BCUT2D eigenvalue weighted by Gasteiger charge is -2.35. The molecule has 0 radical (unpaired) electrons. The fraction of sp³-hybridized carbons (Fsp3) is 0.316. The number of rotatable bonds is 14. The summed E-state index contributed by atoms with van der Waals surface area (Å²) in [6.07, 6.45) is 5.30. The van der Waals surface area contributed by atoms with Gasteiger partial charge in [-0.25, -0.2) is 8.42 Å². The molecule has 0 unspecified atom stereocenters. The Morgan fingerprint density at radius 2 is 1.46 bits per heavy atom. The van der Waals surface area contributed by atoms with Gasteiger partial charge in [-0.15, -0.1) is 0 Å². The molecule has 4 aromatic carbocycles. The van der Waals surface area contributed by atoms with Crippen LogP contribution < -0.4 is 14.4 Å². The molecule has 48 heavy (non-hydrogen) atoms. The van der Waals surface area contributed by atoms with Crippen molar-refractivity contribution in [3.8, 4) is 5.75 Å². The molecule has 1 aliphatic carbocycles. The molecule has 0 spiro atoms. The Labute approximate surface area is 292 Å². The second-order valence-corrected chi connectivity index (χ2v) is 14.7. The maximum atomic E-state index is 14.7. The van der Waals surface area contributed by atoms with E-state index in [1.54, 1.807) is 42.5 Å². The van der Waals surface area contributed by atoms with E-state index in [4.69, 9.17) is 4.74 Å². The third-order valence-corrected chi connectivity index (χ3v) is 10.9. The highest BCUT2D eigenvalue weighted by Gasteiger charge is 2.35. The van der Waals surface area contributed by atoms with Crippen LogP contribution in [0.2, 0.25) is 0 Å². The summed E-state index contributed by atoms with van der Waals surface area (Å²) in [7, 11) is -4.18. The Hall–Kier alpha value is -4.15. The minimum absolute atomic E-state index is 0.0352. The van der Waals surface area contributed by atoms with Crippen LogP contribution in [0.4, 0.5) is 5.69 Å². The quantitative estimate of drug-likeness (QED) is 0.149. The zero-order valence-corrected chi connectivity index (χ0v) is 29.5. The standard InChI is InChI=1S/C38H42BrN3O5S/c1-2-47-34-24-22-33(23-25-34)42(48(45,46)35-16-10-5-11-17-35)28-37(43)41(27-30-18-20-31(39)21-19-30)36(26-29-12-6-3-7-13-29)38(44)40-32-14-8-4-9-15-32/h3,5-7,10-13,16-25,32,36H,2,4,8-9,14-15,26-28H2,1H3,(H,40,44)/t36-/m0/s1. The Morgan fingerprint density at radius 1 is 0.833 bits per heavy atom. The molecular weight excluding hydrogens is 690 g/mol. The highest BCUT2D eigenvalue weighted by molar-refractivity contribution is 9.10. The van der Waals surface area contributed by atoms with Crippen molar-refractivity contribution in [3.63, 3.8) is 0 Å². The lowest BCUT2D eigenvalue weighted by Crippen LogP contribution is -2.55. The molecule has 252 valence electrons. The van der Waals surface area contributed by atoms with Crippen molar-refractivity contribution < 1.29 is 22.7 Å². The van der Waals surface area contributed by atoms with Crippen LogP contribution in [0.25, 0.3) is 0 Å². The zero-order valence-electron chi connectivity index (χ0n) is 27.1. The van der Waals surface area contributed by atoms with E-state index in [2.05, 4.69) is 21.2 Å². The zero-order chi connectivity index (χ0) is 33.9. The Bertz CT molecular complexity index is 1730. The third kappa shape index (κ3) is 9.26. The average Bonchev–Trinajstić information content (AvgIpc) is 3.11. The predicted octanol–water partition coefficient (Wildman–Crippen LogP) is 7.13. The number of benzene rings is 4. The molecule has 1 aliphatic rings. The Morgan fingerprint density at radius 3 is 2.08 bits per heavy atom. The maximum Gasteiger partial charge on any atom is 0.264 e. The third-order valence-electron chi connectivity index (χ3n) is 8.53. The number of amides is 2. The molecule has 0 saturated heterocycles. The molecule has 1 fully saturated rings. The minimum atomic E-state index is -4.18. The summed E-state index contributed by atoms with van der Waals surface area (Å²) < 4.78 is 36.0. The molecule has 0 aliphatic heterocycles. The number of nitrogens with one attached hydrogen (secondary N) is 1. The van der Waals surface area contributed by atoms with E-state index in [-0.39, 0.29) is 29.8 Å². The van der Waals surface area contributed by atoms with Gasteiger partial charge in [-0.1, -0.05) is 95.9 Å². The van der Waals surface area contributed by atoms with Crippen molar-refractivity contribution in [2.45, 2.75) is 69.0 Å². The van der Waals surface area contributed by atoms with Crippen LogP contribution in [0.15, 0.2) is 119 Å². The molecule has 0 heterocycles. The number of carbonyl (C=O) groups excluding carboxylic acids is 2. The molecule has 4 aromatic rings. The highest BCUT2D eigenvalue weighted by Crippen LogP contribution is 2.27. The molecule has 1 saturated carbocycles. The summed E-state index contributed by atoms with van der Waals surface area (Å²) in [6, 6.07) is 31.0. The van der Waals surface area contributed by atoms with Gasteiger partial charge in [0.1, 0.15) is 18.3 Å². The van der Waals surface area contributed by atoms with Crippen LogP contribution in [0.5, 0.6) is 5.75 Å². The second kappa shape index (κ2) is 16.8. The Kier molecular flexibility index (Phi) is 12.3. The highest BCUT2D eigenvalue weighted by atomic mass is 79.9. The van der Waals surface area contributed by atoms with Crippen molar-refractivity contribution in [1.82, 2.24) is 10.2 Å². The summed E-state index contributed by atoms with van der Waals surface area (Å²) in [4.78, 5) is 30.5. The van der Waals surface area contributed by atoms with Crippen molar-refractivity contribution in [1.29, 1.82) is 0 Å². The number of halogens is 1. The lowest BCUT2D eigenvalue weighted by molar-refractivity contribution is -0.140. The van der Waals surface area contributed by atoms with Crippen LogP contribution in [0.1, 0.15) is 50.2 Å². The molecule has 0 aromatic heterocycles. The monoisotopic (exact) mass is 731 g/mol. The fourth-order valence-corrected chi connectivity index (χ4v) is 7.71. The van der Waals surface area contributed by atoms with Crippen LogP contribution in [-0.2, 0) is 32.6 Å². The largest absolute Gasteiger partial charge is 0.494 e. The van der Waals surface area contributed by atoms with Crippen molar-refractivity contribution >= 4 is 43.5 Å². The van der Waals surface area contributed by atoms with E-state index >= 15 is 0 Å². The second-order valence-electron chi connectivity index (χ2n) is 11.9. The van der Waals surface area contributed by atoms with Gasteiger partial charge in [0.2, 0.25) is 11.8 Å². The smallest absolute Gasteiger partial charge is 0.264 e. The number of ether oxygens (including phenoxy) is 1. The van der Waals surface area contributed by atoms with Crippen LogP contribution in [-0.4, -0.2) is 50.4 Å². The predicted molar refractivity (Wildman–Crippen MR) is 192 cm³/mol. The van der Waals surface area contributed by atoms with Gasteiger partial charge in [0.25, 0.3) is 10.0 Å². The SMILES string of the molecule is CCOc1ccc(N(CC(=O)N(Cc2ccc(Br)cc2)[C@@H](Cc2ccccc2)C(=O)NC2CCCCC2)S(=O)(=O)c2ccccc2)cc1. The number of nitrogens with zero attached hydrogens (tertiary/aromatic N) is 2. The topological polar surface area (TPSA) is 96.0 Å². The van der Waals surface area contributed by atoms with E-state index < -0.39 is 28.5 Å². The molecule has 1 atom stereocenters. The first-order chi connectivity index (χ1) is 23.2. The minimum Gasteiger partial charge on any atom is -0.494 e. The summed E-state index contributed by atoms with van der Waals surface area (Å²) in [5, 5.41) is 3.24. The van der Waals surface area contributed by atoms with Crippen LogP contribution in [0, 0.1) is 0 Å². The normalized spacial score (nSPS) is 14.1. The van der Waals surface area contributed by atoms with Crippen molar-refractivity contribution in [3.05, 3.63) is 125 Å². The average molecular weight is 733 g/mol. The molecule has 1 N–H and O–H groups in total. The first-order valence-electron chi connectivity index (χ1n) is 16.4. The molecule has 10 heteroatoms. The van der Waals surface area contributed by atoms with Gasteiger partial charge in [0.05, 0.1) is 17.2 Å². The summed E-state index contributed by atoms with van der Waals surface area (Å²) in [5.41, 5.74) is 2.02. The van der Waals surface area contributed by atoms with Gasteiger partial charge in [0.15, 0.2) is 0 Å². The first kappa shape index (κ1) is 35.2. The first-order valence-corrected chi connectivity index (χ1v) is 18.7. The van der Waals surface area contributed by atoms with E-state index in [0.29, 0.717) is 18.0 Å². The van der Waals surface area contributed by atoms with Gasteiger partial charge >= 0.3 is 0 Å². The lowest BCUT2D eigenvalue weighted by atomic mass is 9.94. The number of anilines is 1. The van der Waals surface area contributed by atoms with E-state index in [1.165, 1.54) is 17.0 Å². The van der Waals surface area contributed by atoms with Crippen molar-refractivity contribution in [2.24, 2.45) is 0 Å². The van der Waals surface area contributed by atoms with Gasteiger partial charge in [0, 0.05) is 23.5 Å². The van der Waals surface area contributed by atoms with Gasteiger partial charge in [-0.2, -0.15) is 0 Å². The van der Waals surface area contributed by atoms with Crippen molar-refractivity contribution in [2.75, 3.05) is 17.5 Å². The summed E-state index contributed by atoms with van der Waals surface area (Å²) in [6.45, 7) is 1.93. The molecule has 8 nitrogen and oxygen atoms in total. The number of hydrogen-bond acceptors (Lipinski definition) is 5. The number of carbonyl (C=O) groups is 2. The van der Waals surface area contributed by atoms with Gasteiger partial charge < -0.3 is 15.0 Å². The van der Waals surface area contributed by atoms with Crippen LogP contribution >= 0.6 is 15.9 Å². The molecular formula is C38H42BrN3O5S. The van der Waals surface area contributed by atoms with E-state index in [1.807, 2.05) is 61.5 Å². The van der Waals surface area contributed by atoms with E-state index in [9.17, 15) is 18.0 Å². The van der Waals surface area contributed by atoms with Crippen LogP contribution in [0.3, 0.4) is 0 Å².